The summed E-state index contributed by atoms with van der Waals surface area (Å²) in [5.74, 6) is -0.00179. The van der Waals surface area contributed by atoms with E-state index in [0.717, 1.165) is 3.57 Å². The molecule has 0 radical (unpaired) electrons. The highest BCUT2D eigenvalue weighted by Gasteiger charge is 2.26. The molecule has 18 heavy (non-hydrogen) atoms. The number of nitrogens with zero attached hydrogens (tertiary/aromatic N) is 1. The van der Waals surface area contributed by atoms with Gasteiger partial charge in [-0.15, -0.1) is 0 Å². The minimum atomic E-state index is -0.333. The fraction of sp³-hybridized carbons (Fsp3) is 0.333. The van der Waals surface area contributed by atoms with Gasteiger partial charge in [-0.3, -0.25) is 4.79 Å². The van der Waals surface area contributed by atoms with E-state index in [2.05, 4.69) is 22.6 Å². The fourth-order valence-electron chi connectivity index (χ4n) is 1.81. The minimum Gasteiger partial charge on any atom is -0.391 e. The molecule has 0 saturated carbocycles. The summed E-state index contributed by atoms with van der Waals surface area (Å²) < 4.78 is 6.46. The van der Waals surface area contributed by atoms with E-state index in [9.17, 15) is 4.79 Å². The molecule has 1 amide bonds. The van der Waals surface area contributed by atoms with Crippen LogP contribution in [0.25, 0.3) is 0 Å². The van der Waals surface area contributed by atoms with E-state index in [1.54, 1.807) is 4.90 Å². The molecule has 4 nitrogen and oxygen atoms in total. The molecule has 2 rings (SSSR count). The van der Waals surface area contributed by atoms with Gasteiger partial charge in [0.15, 0.2) is 0 Å². The molecule has 1 unspecified atom stereocenters. The van der Waals surface area contributed by atoms with E-state index in [4.69, 9.17) is 22.7 Å². The van der Waals surface area contributed by atoms with Gasteiger partial charge in [0.25, 0.3) is 5.91 Å². The molecule has 1 aromatic rings. The number of amides is 1. The third-order valence-corrected chi connectivity index (χ3v) is 3.68. The van der Waals surface area contributed by atoms with Crippen molar-refractivity contribution in [3.05, 3.63) is 33.4 Å². The lowest BCUT2D eigenvalue weighted by atomic mass is 10.1. The SMILES string of the molecule is NC(=S)C1CN(C(=O)c2cccc(I)c2)CCO1. The number of morpholine rings is 1. The second kappa shape index (κ2) is 5.94. The number of benzene rings is 1. The second-order valence-electron chi connectivity index (χ2n) is 4.02. The monoisotopic (exact) mass is 376 g/mol. The Kier molecular flexibility index (Phi) is 4.52. The number of rotatable bonds is 2. The highest BCUT2D eigenvalue weighted by atomic mass is 127. The number of nitrogens with two attached hydrogens (primary N) is 1. The fourth-order valence-corrected chi connectivity index (χ4v) is 2.50. The molecule has 0 aliphatic carbocycles. The highest BCUT2D eigenvalue weighted by Crippen LogP contribution is 2.13. The van der Waals surface area contributed by atoms with Crippen molar-refractivity contribution in [1.82, 2.24) is 4.90 Å². The summed E-state index contributed by atoms with van der Waals surface area (Å²) in [6.45, 7) is 1.47. The van der Waals surface area contributed by atoms with Crippen molar-refractivity contribution < 1.29 is 9.53 Å². The first kappa shape index (κ1) is 13.7. The topological polar surface area (TPSA) is 55.6 Å². The standard InChI is InChI=1S/C12H13IN2O2S/c13-9-3-1-2-8(6-9)12(16)15-4-5-17-10(7-15)11(14)18/h1-3,6,10H,4-5,7H2,(H2,14,18). The van der Waals surface area contributed by atoms with Gasteiger partial charge < -0.3 is 15.4 Å². The number of hydrogen-bond acceptors (Lipinski definition) is 3. The first-order valence-corrected chi connectivity index (χ1v) is 7.02. The van der Waals surface area contributed by atoms with Gasteiger partial charge in [0, 0.05) is 15.7 Å². The normalized spacial score (nSPS) is 19.6. The molecule has 2 N–H and O–H groups in total. The number of ether oxygens (including phenoxy) is 1. The molecule has 1 aliphatic rings. The third kappa shape index (κ3) is 3.18. The van der Waals surface area contributed by atoms with Crippen LogP contribution in [0.4, 0.5) is 0 Å². The second-order valence-corrected chi connectivity index (χ2v) is 5.74. The van der Waals surface area contributed by atoms with E-state index in [-0.39, 0.29) is 12.0 Å². The van der Waals surface area contributed by atoms with Crippen molar-refractivity contribution in [2.45, 2.75) is 6.10 Å². The Balaban J connectivity index is 2.11. The summed E-state index contributed by atoms with van der Waals surface area (Å²) in [6.07, 6.45) is -0.333. The Labute approximate surface area is 125 Å². The van der Waals surface area contributed by atoms with Crippen LogP contribution in [0.15, 0.2) is 24.3 Å². The maximum atomic E-state index is 12.3. The van der Waals surface area contributed by atoms with Crippen LogP contribution < -0.4 is 5.73 Å². The molecule has 0 aromatic heterocycles. The van der Waals surface area contributed by atoms with Crippen LogP contribution in [0.2, 0.25) is 0 Å². The zero-order valence-electron chi connectivity index (χ0n) is 9.64. The highest BCUT2D eigenvalue weighted by molar-refractivity contribution is 14.1. The van der Waals surface area contributed by atoms with Crippen molar-refractivity contribution in [3.8, 4) is 0 Å². The zero-order chi connectivity index (χ0) is 13.1. The molecule has 1 aliphatic heterocycles. The van der Waals surface area contributed by atoms with Gasteiger partial charge >= 0.3 is 0 Å². The van der Waals surface area contributed by atoms with Crippen molar-refractivity contribution in [2.75, 3.05) is 19.7 Å². The Morgan fingerprint density at radius 2 is 2.33 bits per heavy atom. The summed E-state index contributed by atoms with van der Waals surface area (Å²) in [7, 11) is 0. The summed E-state index contributed by atoms with van der Waals surface area (Å²) in [6, 6.07) is 7.51. The van der Waals surface area contributed by atoms with E-state index < -0.39 is 0 Å². The van der Waals surface area contributed by atoms with Crippen molar-refractivity contribution >= 4 is 45.7 Å². The maximum Gasteiger partial charge on any atom is 0.254 e. The van der Waals surface area contributed by atoms with Gasteiger partial charge in [-0.1, -0.05) is 18.3 Å². The Morgan fingerprint density at radius 3 is 3.00 bits per heavy atom. The van der Waals surface area contributed by atoms with Gasteiger partial charge in [0.1, 0.15) is 11.1 Å². The Morgan fingerprint density at radius 1 is 1.56 bits per heavy atom. The molecular formula is C12H13IN2O2S. The summed E-state index contributed by atoms with van der Waals surface area (Å²) >= 11 is 7.09. The molecule has 1 aromatic carbocycles. The van der Waals surface area contributed by atoms with Crippen molar-refractivity contribution in [2.24, 2.45) is 5.73 Å². The number of thiocarbonyl (C=S) groups is 1. The van der Waals surface area contributed by atoms with Gasteiger partial charge in [-0.2, -0.15) is 0 Å². The molecule has 0 spiro atoms. The lowest BCUT2D eigenvalue weighted by Crippen LogP contribution is -2.49. The third-order valence-electron chi connectivity index (χ3n) is 2.74. The van der Waals surface area contributed by atoms with Crippen LogP contribution in [-0.2, 0) is 4.74 Å². The molecule has 1 atom stereocenters. The van der Waals surface area contributed by atoms with Gasteiger partial charge in [-0.05, 0) is 40.8 Å². The number of carbonyl (C=O) groups is 1. The first-order valence-electron chi connectivity index (χ1n) is 5.53. The number of halogens is 1. The number of carbonyl (C=O) groups excluding carboxylic acids is 1. The molecular weight excluding hydrogens is 363 g/mol. The Bertz CT molecular complexity index is 481. The predicted molar refractivity (Wildman–Crippen MR) is 81.6 cm³/mol. The smallest absolute Gasteiger partial charge is 0.254 e. The average molecular weight is 376 g/mol. The largest absolute Gasteiger partial charge is 0.391 e. The quantitative estimate of drug-likeness (QED) is 0.627. The number of hydrogen-bond donors (Lipinski definition) is 1. The predicted octanol–water partition coefficient (Wildman–Crippen LogP) is 1.42. The summed E-state index contributed by atoms with van der Waals surface area (Å²) in [5.41, 5.74) is 6.25. The van der Waals surface area contributed by atoms with Crippen LogP contribution >= 0.6 is 34.8 Å². The van der Waals surface area contributed by atoms with Crippen LogP contribution in [0.3, 0.4) is 0 Å². The molecule has 6 heteroatoms. The molecule has 1 fully saturated rings. The first-order chi connectivity index (χ1) is 8.58. The van der Waals surface area contributed by atoms with Crippen LogP contribution in [0, 0.1) is 3.57 Å². The van der Waals surface area contributed by atoms with Crippen LogP contribution in [0.5, 0.6) is 0 Å². The van der Waals surface area contributed by atoms with Gasteiger partial charge in [-0.25, -0.2) is 0 Å². The maximum absolute atomic E-state index is 12.3. The summed E-state index contributed by atoms with van der Waals surface area (Å²) in [4.78, 5) is 14.3. The van der Waals surface area contributed by atoms with Crippen LogP contribution in [0.1, 0.15) is 10.4 Å². The lowest BCUT2D eigenvalue weighted by molar-refractivity contribution is 0.00878. The molecule has 0 bridgehead atoms. The van der Waals surface area contributed by atoms with E-state index in [0.29, 0.717) is 30.2 Å². The van der Waals surface area contributed by atoms with Gasteiger partial charge in [0.2, 0.25) is 0 Å². The zero-order valence-corrected chi connectivity index (χ0v) is 12.6. The lowest BCUT2D eigenvalue weighted by Gasteiger charge is -2.32. The van der Waals surface area contributed by atoms with E-state index in [1.165, 1.54) is 0 Å². The molecule has 1 heterocycles. The summed E-state index contributed by atoms with van der Waals surface area (Å²) in [5, 5.41) is 0. The average Bonchev–Trinajstić information content (AvgIpc) is 2.38. The van der Waals surface area contributed by atoms with E-state index in [1.807, 2.05) is 24.3 Å². The minimum absolute atomic E-state index is 0.00179. The van der Waals surface area contributed by atoms with Gasteiger partial charge in [0.05, 0.1) is 13.2 Å². The Hall–Kier alpha value is -0.730. The van der Waals surface area contributed by atoms with E-state index >= 15 is 0 Å². The molecule has 96 valence electrons. The van der Waals surface area contributed by atoms with Crippen molar-refractivity contribution in [1.29, 1.82) is 0 Å². The van der Waals surface area contributed by atoms with Crippen LogP contribution in [-0.4, -0.2) is 41.6 Å². The molecule has 1 saturated heterocycles. The van der Waals surface area contributed by atoms with Crippen molar-refractivity contribution in [3.63, 3.8) is 0 Å².